The molecule has 0 spiro atoms. The summed E-state index contributed by atoms with van der Waals surface area (Å²) in [5.74, 6) is 0.371. The first-order valence-corrected chi connectivity index (χ1v) is 10.8. The van der Waals surface area contributed by atoms with Gasteiger partial charge in [0, 0.05) is 36.4 Å². The molecule has 0 atom stereocenters. The minimum absolute atomic E-state index is 0.0758. The Labute approximate surface area is 169 Å². The lowest BCUT2D eigenvalue weighted by atomic mass is 9.97. The Morgan fingerprint density at radius 1 is 1.25 bits per heavy atom. The van der Waals surface area contributed by atoms with E-state index in [1.165, 1.54) is 22.8 Å². The first-order valence-electron chi connectivity index (χ1n) is 9.03. The zero-order valence-electron chi connectivity index (χ0n) is 15.3. The number of pyridine rings is 1. The Kier molecular flexibility index (Phi) is 6.88. The van der Waals surface area contributed by atoms with Crippen LogP contribution >= 0.6 is 11.6 Å². The van der Waals surface area contributed by atoms with Crippen LogP contribution in [0.2, 0.25) is 5.02 Å². The smallest absolute Gasteiger partial charge is 0.244 e. The molecule has 9 heteroatoms. The molecule has 0 unspecified atom stereocenters. The highest BCUT2D eigenvalue weighted by Crippen LogP contribution is 2.23. The van der Waals surface area contributed by atoms with Crippen LogP contribution in [0.3, 0.4) is 0 Å². The Hall–Kier alpha value is -2.16. The van der Waals surface area contributed by atoms with Crippen molar-refractivity contribution in [2.75, 3.05) is 26.2 Å². The second kappa shape index (κ2) is 9.36. The van der Waals surface area contributed by atoms with Gasteiger partial charge in [-0.3, -0.25) is 9.78 Å². The third-order valence-corrected chi connectivity index (χ3v) is 6.68. The largest absolute Gasteiger partial charge is 0.492 e. The quantitative estimate of drug-likeness (QED) is 0.690. The zero-order chi connectivity index (χ0) is 20.0. The number of nitrogens with one attached hydrogen (secondary N) is 1. The molecule has 150 valence electrons. The third kappa shape index (κ3) is 5.21. The summed E-state index contributed by atoms with van der Waals surface area (Å²) < 4.78 is 32.1. The SMILES string of the molecule is O=C(NCCOc1cccc(Cl)c1)C1CCN(S(=O)(=O)c2cccnc2)CC1. The molecule has 1 aliphatic heterocycles. The summed E-state index contributed by atoms with van der Waals surface area (Å²) in [4.78, 5) is 16.4. The molecule has 7 nitrogen and oxygen atoms in total. The molecule has 2 aromatic rings. The first-order chi connectivity index (χ1) is 13.5. The van der Waals surface area contributed by atoms with E-state index < -0.39 is 10.0 Å². The van der Waals surface area contributed by atoms with Crippen molar-refractivity contribution >= 4 is 27.5 Å². The monoisotopic (exact) mass is 423 g/mol. The number of nitrogens with zero attached hydrogens (tertiary/aromatic N) is 2. The van der Waals surface area contributed by atoms with Crippen molar-refractivity contribution in [3.8, 4) is 5.75 Å². The van der Waals surface area contributed by atoms with Gasteiger partial charge in [-0.05, 0) is 43.2 Å². The maximum Gasteiger partial charge on any atom is 0.244 e. The molecule has 1 N–H and O–H groups in total. The van der Waals surface area contributed by atoms with E-state index in [-0.39, 0.29) is 16.7 Å². The van der Waals surface area contributed by atoms with Gasteiger partial charge >= 0.3 is 0 Å². The highest BCUT2D eigenvalue weighted by molar-refractivity contribution is 7.89. The molecule has 1 aromatic carbocycles. The molecule has 1 aromatic heterocycles. The molecule has 1 fully saturated rings. The molecule has 1 aliphatic rings. The number of sulfonamides is 1. The minimum atomic E-state index is -3.56. The first kappa shape index (κ1) is 20.6. The summed E-state index contributed by atoms with van der Waals surface area (Å²) in [6, 6.07) is 10.2. The summed E-state index contributed by atoms with van der Waals surface area (Å²) in [5, 5.41) is 3.44. The van der Waals surface area contributed by atoms with E-state index in [9.17, 15) is 13.2 Å². The van der Waals surface area contributed by atoms with Crippen molar-refractivity contribution in [3.63, 3.8) is 0 Å². The molecule has 1 saturated heterocycles. The number of hydrogen-bond donors (Lipinski definition) is 1. The molecule has 28 heavy (non-hydrogen) atoms. The van der Waals surface area contributed by atoms with Crippen LogP contribution in [0.5, 0.6) is 5.75 Å². The van der Waals surface area contributed by atoms with E-state index in [0.717, 1.165) is 0 Å². The fourth-order valence-electron chi connectivity index (χ4n) is 3.05. The maximum atomic E-state index is 12.6. The number of aromatic nitrogens is 1. The van der Waals surface area contributed by atoms with Crippen LogP contribution in [0.15, 0.2) is 53.7 Å². The normalized spacial score (nSPS) is 15.9. The van der Waals surface area contributed by atoms with Crippen LogP contribution < -0.4 is 10.1 Å². The second-order valence-electron chi connectivity index (χ2n) is 6.46. The summed E-state index contributed by atoms with van der Waals surface area (Å²) >= 11 is 5.89. The van der Waals surface area contributed by atoms with Gasteiger partial charge in [-0.2, -0.15) is 4.31 Å². The van der Waals surface area contributed by atoms with Crippen LogP contribution in [-0.2, 0) is 14.8 Å². The predicted molar refractivity (Wildman–Crippen MR) is 106 cm³/mol. The summed E-state index contributed by atoms with van der Waals surface area (Å²) in [6.45, 7) is 1.34. The van der Waals surface area contributed by atoms with Crippen molar-refractivity contribution in [2.24, 2.45) is 5.92 Å². The fourth-order valence-corrected chi connectivity index (χ4v) is 4.67. The van der Waals surface area contributed by atoms with E-state index in [0.29, 0.717) is 49.9 Å². The van der Waals surface area contributed by atoms with Gasteiger partial charge in [-0.15, -0.1) is 0 Å². The van der Waals surface area contributed by atoms with Crippen molar-refractivity contribution in [2.45, 2.75) is 17.7 Å². The van der Waals surface area contributed by atoms with Gasteiger partial charge in [-0.25, -0.2) is 8.42 Å². The van der Waals surface area contributed by atoms with Crippen LogP contribution in [-0.4, -0.2) is 49.9 Å². The summed E-state index contributed by atoms with van der Waals surface area (Å²) in [7, 11) is -3.56. The van der Waals surface area contributed by atoms with Gasteiger partial charge in [-0.1, -0.05) is 17.7 Å². The maximum absolute atomic E-state index is 12.6. The molecule has 1 amide bonds. The van der Waals surface area contributed by atoms with Gasteiger partial charge in [0.05, 0.1) is 6.54 Å². The van der Waals surface area contributed by atoms with Crippen molar-refractivity contribution in [1.29, 1.82) is 0 Å². The van der Waals surface area contributed by atoms with E-state index in [4.69, 9.17) is 16.3 Å². The molecule has 2 heterocycles. The third-order valence-electron chi connectivity index (χ3n) is 4.56. The Balaban J connectivity index is 1.42. The fraction of sp³-hybridized carbons (Fsp3) is 0.368. The van der Waals surface area contributed by atoms with Crippen LogP contribution in [0.4, 0.5) is 0 Å². The number of piperidine rings is 1. The lowest BCUT2D eigenvalue weighted by Gasteiger charge is -2.30. The number of carbonyl (C=O) groups excluding carboxylic acids is 1. The number of rotatable bonds is 7. The molecular weight excluding hydrogens is 402 g/mol. The van der Waals surface area contributed by atoms with Crippen molar-refractivity contribution in [1.82, 2.24) is 14.6 Å². The van der Waals surface area contributed by atoms with Crippen LogP contribution in [0, 0.1) is 5.92 Å². The highest BCUT2D eigenvalue weighted by Gasteiger charge is 2.32. The van der Waals surface area contributed by atoms with Gasteiger partial charge in [0.2, 0.25) is 15.9 Å². The van der Waals surface area contributed by atoms with E-state index in [1.54, 1.807) is 30.3 Å². The molecule has 0 bridgehead atoms. The Morgan fingerprint density at radius 3 is 2.71 bits per heavy atom. The number of ether oxygens (including phenoxy) is 1. The summed E-state index contributed by atoms with van der Waals surface area (Å²) in [6.07, 6.45) is 3.85. The number of hydrogen-bond acceptors (Lipinski definition) is 5. The Morgan fingerprint density at radius 2 is 2.04 bits per heavy atom. The van der Waals surface area contributed by atoms with Gasteiger partial charge in [0.25, 0.3) is 0 Å². The molecular formula is C19H22ClN3O4S. The number of halogens is 1. The average molecular weight is 424 g/mol. The van der Waals surface area contributed by atoms with Crippen molar-refractivity contribution in [3.05, 3.63) is 53.8 Å². The molecule has 0 saturated carbocycles. The van der Waals surface area contributed by atoms with Gasteiger partial charge in [0.15, 0.2) is 0 Å². The van der Waals surface area contributed by atoms with Gasteiger partial charge < -0.3 is 10.1 Å². The van der Waals surface area contributed by atoms with Crippen LogP contribution in [0.1, 0.15) is 12.8 Å². The predicted octanol–water partition coefficient (Wildman–Crippen LogP) is 2.33. The standard InChI is InChI=1S/C19H22ClN3O4S/c20-16-3-1-4-17(13-16)27-12-9-22-19(24)15-6-10-23(11-7-15)28(25,26)18-5-2-8-21-14-18/h1-5,8,13-15H,6-7,9-12H2,(H,22,24). The number of benzene rings is 1. The topological polar surface area (TPSA) is 88.6 Å². The molecule has 0 aliphatic carbocycles. The number of amides is 1. The molecule has 0 radical (unpaired) electrons. The van der Waals surface area contributed by atoms with Gasteiger partial charge in [0.1, 0.15) is 17.3 Å². The van der Waals surface area contributed by atoms with E-state index >= 15 is 0 Å². The van der Waals surface area contributed by atoms with Crippen LogP contribution in [0.25, 0.3) is 0 Å². The Bertz CT molecular complexity index is 900. The average Bonchev–Trinajstić information content (AvgIpc) is 2.72. The van der Waals surface area contributed by atoms with E-state index in [2.05, 4.69) is 10.3 Å². The minimum Gasteiger partial charge on any atom is -0.492 e. The molecule has 3 rings (SSSR count). The van der Waals surface area contributed by atoms with Crippen molar-refractivity contribution < 1.29 is 17.9 Å². The highest BCUT2D eigenvalue weighted by atomic mass is 35.5. The summed E-state index contributed by atoms with van der Waals surface area (Å²) in [5.41, 5.74) is 0. The number of carbonyl (C=O) groups is 1. The zero-order valence-corrected chi connectivity index (χ0v) is 16.8. The second-order valence-corrected chi connectivity index (χ2v) is 8.84. The lowest BCUT2D eigenvalue weighted by molar-refractivity contribution is -0.126. The lowest BCUT2D eigenvalue weighted by Crippen LogP contribution is -2.43. The van der Waals surface area contributed by atoms with E-state index in [1.807, 2.05) is 0 Å².